The summed E-state index contributed by atoms with van der Waals surface area (Å²) < 4.78 is 0. The average molecular weight is 262 g/mol. The number of H-pyrrole nitrogens is 1. The van der Waals surface area contributed by atoms with E-state index < -0.39 is 12.0 Å². The number of aromatic nitrogens is 1. The van der Waals surface area contributed by atoms with Crippen molar-refractivity contribution in [1.29, 1.82) is 0 Å². The summed E-state index contributed by atoms with van der Waals surface area (Å²) in [4.78, 5) is 28.4. The quantitative estimate of drug-likeness (QED) is 0.854. The number of carboxylic acids is 1. The van der Waals surface area contributed by atoms with Gasteiger partial charge in [0.25, 0.3) is 5.91 Å². The summed E-state index contributed by atoms with van der Waals surface area (Å²) in [6.45, 7) is 0. The lowest BCUT2D eigenvalue weighted by Crippen LogP contribution is -2.46. The van der Waals surface area contributed by atoms with Crippen LogP contribution in [0.4, 0.5) is 0 Å². The van der Waals surface area contributed by atoms with E-state index in [4.69, 9.17) is 0 Å². The third-order valence-corrected chi connectivity index (χ3v) is 4.44. The number of nitrogens with one attached hydrogen (secondary N) is 1. The third-order valence-electron chi connectivity index (χ3n) is 4.44. The summed E-state index contributed by atoms with van der Waals surface area (Å²) in [6.07, 6.45) is 6.51. The minimum Gasteiger partial charge on any atom is -0.480 e. The topological polar surface area (TPSA) is 73.4 Å². The third kappa shape index (κ3) is 2.03. The number of carboxylic acid groups (broad SMARTS) is 1. The van der Waals surface area contributed by atoms with Gasteiger partial charge in [-0.25, -0.2) is 4.79 Å². The molecule has 3 rings (SSSR count). The van der Waals surface area contributed by atoms with Crippen LogP contribution in [0.3, 0.4) is 0 Å². The summed E-state index contributed by atoms with van der Waals surface area (Å²) in [5.74, 6) is -0.699. The molecule has 102 valence electrons. The SMILES string of the molecule is O=C(O)C1CC2CCCCC2N1C(=O)c1ccc[nH]1. The van der Waals surface area contributed by atoms with Crippen molar-refractivity contribution in [2.45, 2.75) is 44.2 Å². The van der Waals surface area contributed by atoms with Crippen LogP contribution in [-0.4, -0.2) is 39.0 Å². The van der Waals surface area contributed by atoms with Crippen LogP contribution < -0.4 is 0 Å². The van der Waals surface area contributed by atoms with Crippen molar-refractivity contribution in [3.63, 3.8) is 0 Å². The molecule has 1 saturated heterocycles. The van der Waals surface area contributed by atoms with E-state index in [-0.39, 0.29) is 11.9 Å². The Balaban J connectivity index is 1.90. The maximum atomic E-state index is 12.5. The number of hydrogen-bond acceptors (Lipinski definition) is 2. The molecule has 2 fully saturated rings. The molecule has 2 heterocycles. The Bertz CT molecular complexity index is 483. The highest BCUT2D eigenvalue weighted by molar-refractivity contribution is 5.95. The number of nitrogens with zero attached hydrogens (tertiary/aromatic N) is 1. The second-order valence-corrected chi connectivity index (χ2v) is 5.50. The van der Waals surface area contributed by atoms with E-state index in [0.29, 0.717) is 18.0 Å². The van der Waals surface area contributed by atoms with Gasteiger partial charge < -0.3 is 15.0 Å². The van der Waals surface area contributed by atoms with E-state index in [1.165, 1.54) is 0 Å². The van der Waals surface area contributed by atoms with Crippen LogP contribution in [0.25, 0.3) is 0 Å². The Morgan fingerprint density at radius 3 is 2.79 bits per heavy atom. The first kappa shape index (κ1) is 12.3. The van der Waals surface area contributed by atoms with Crippen molar-refractivity contribution < 1.29 is 14.7 Å². The molecule has 3 unspecified atom stereocenters. The number of amides is 1. The molecule has 0 bridgehead atoms. The van der Waals surface area contributed by atoms with Crippen LogP contribution in [0, 0.1) is 5.92 Å². The lowest BCUT2D eigenvalue weighted by Gasteiger charge is -2.32. The van der Waals surface area contributed by atoms with Crippen molar-refractivity contribution in [3.8, 4) is 0 Å². The first-order valence-corrected chi connectivity index (χ1v) is 6.87. The van der Waals surface area contributed by atoms with Gasteiger partial charge in [-0.05, 0) is 37.3 Å². The van der Waals surface area contributed by atoms with Gasteiger partial charge in [-0.1, -0.05) is 12.8 Å². The molecular formula is C14H18N2O3. The van der Waals surface area contributed by atoms with Crippen molar-refractivity contribution in [3.05, 3.63) is 24.0 Å². The largest absolute Gasteiger partial charge is 0.480 e. The highest BCUT2D eigenvalue weighted by Gasteiger charge is 2.47. The van der Waals surface area contributed by atoms with Crippen LogP contribution in [0.1, 0.15) is 42.6 Å². The van der Waals surface area contributed by atoms with Gasteiger partial charge in [0.05, 0.1) is 0 Å². The average Bonchev–Trinajstić information content (AvgIpc) is 3.05. The molecule has 0 radical (unpaired) electrons. The summed E-state index contributed by atoms with van der Waals surface area (Å²) in [6, 6.07) is 2.91. The molecule has 0 spiro atoms. The second kappa shape index (κ2) is 4.72. The zero-order valence-electron chi connectivity index (χ0n) is 10.7. The number of likely N-dealkylation sites (tertiary alicyclic amines) is 1. The molecule has 2 aliphatic rings. The van der Waals surface area contributed by atoms with E-state index in [1.807, 2.05) is 0 Å². The molecule has 0 aromatic carbocycles. The molecular weight excluding hydrogens is 244 g/mol. The molecule has 1 aromatic heterocycles. The molecule has 1 amide bonds. The zero-order chi connectivity index (χ0) is 13.4. The molecule has 5 nitrogen and oxygen atoms in total. The minimum atomic E-state index is -0.880. The van der Waals surface area contributed by atoms with E-state index >= 15 is 0 Å². The van der Waals surface area contributed by atoms with Gasteiger partial charge in [0.1, 0.15) is 11.7 Å². The van der Waals surface area contributed by atoms with Crippen LogP contribution >= 0.6 is 0 Å². The van der Waals surface area contributed by atoms with Gasteiger partial charge in [0.15, 0.2) is 0 Å². The Morgan fingerprint density at radius 2 is 2.11 bits per heavy atom. The standard InChI is InChI=1S/C14H18N2O3/c17-13(10-5-3-7-15-10)16-11-6-2-1-4-9(11)8-12(16)14(18)19/h3,5,7,9,11-12,15H,1-2,4,6,8H2,(H,18,19). The fourth-order valence-electron chi connectivity index (χ4n) is 3.58. The van der Waals surface area contributed by atoms with Crippen LogP contribution in [-0.2, 0) is 4.79 Å². The summed E-state index contributed by atoms with van der Waals surface area (Å²) >= 11 is 0. The normalized spacial score (nSPS) is 30.1. The Labute approximate surface area is 111 Å². The molecule has 2 N–H and O–H groups in total. The van der Waals surface area contributed by atoms with Crippen molar-refractivity contribution in [2.24, 2.45) is 5.92 Å². The molecule has 1 aliphatic heterocycles. The molecule has 3 atom stereocenters. The van der Waals surface area contributed by atoms with E-state index in [1.54, 1.807) is 23.2 Å². The number of carbonyl (C=O) groups is 2. The van der Waals surface area contributed by atoms with E-state index in [0.717, 1.165) is 25.7 Å². The fourth-order valence-corrected chi connectivity index (χ4v) is 3.58. The van der Waals surface area contributed by atoms with Crippen molar-refractivity contribution in [1.82, 2.24) is 9.88 Å². The van der Waals surface area contributed by atoms with Gasteiger partial charge in [-0.2, -0.15) is 0 Å². The zero-order valence-corrected chi connectivity index (χ0v) is 10.7. The molecule has 19 heavy (non-hydrogen) atoms. The van der Waals surface area contributed by atoms with Gasteiger partial charge in [0.2, 0.25) is 0 Å². The number of aliphatic carboxylic acids is 1. The predicted octanol–water partition coefficient (Wildman–Crippen LogP) is 1.87. The lowest BCUT2D eigenvalue weighted by molar-refractivity contribution is -0.141. The van der Waals surface area contributed by atoms with Gasteiger partial charge >= 0.3 is 5.97 Å². The summed E-state index contributed by atoms with van der Waals surface area (Å²) in [5.41, 5.74) is 0.484. The lowest BCUT2D eigenvalue weighted by atomic mass is 9.84. The van der Waals surface area contributed by atoms with Gasteiger partial charge in [-0.3, -0.25) is 4.79 Å². The van der Waals surface area contributed by atoms with E-state index in [9.17, 15) is 14.7 Å². The number of fused-ring (bicyclic) bond motifs is 1. The molecule has 5 heteroatoms. The van der Waals surface area contributed by atoms with Crippen LogP contribution in [0.15, 0.2) is 18.3 Å². The maximum Gasteiger partial charge on any atom is 0.326 e. The van der Waals surface area contributed by atoms with Crippen molar-refractivity contribution >= 4 is 11.9 Å². The highest BCUT2D eigenvalue weighted by Crippen LogP contribution is 2.40. The smallest absolute Gasteiger partial charge is 0.326 e. The predicted molar refractivity (Wildman–Crippen MR) is 68.7 cm³/mol. The maximum absolute atomic E-state index is 12.5. The first-order chi connectivity index (χ1) is 9.18. The molecule has 1 aliphatic carbocycles. The number of rotatable bonds is 2. The molecule has 1 saturated carbocycles. The van der Waals surface area contributed by atoms with Crippen LogP contribution in [0.5, 0.6) is 0 Å². The minimum absolute atomic E-state index is 0.102. The first-order valence-electron chi connectivity index (χ1n) is 6.87. The fraction of sp³-hybridized carbons (Fsp3) is 0.571. The monoisotopic (exact) mass is 262 g/mol. The second-order valence-electron chi connectivity index (χ2n) is 5.50. The number of aromatic amines is 1. The number of hydrogen-bond donors (Lipinski definition) is 2. The Morgan fingerprint density at radius 1 is 1.32 bits per heavy atom. The molecule has 1 aromatic rings. The van der Waals surface area contributed by atoms with Gasteiger partial charge in [-0.15, -0.1) is 0 Å². The summed E-state index contributed by atoms with van der Waals surface area (Å²) in [7, 11) is 0. The van der Waals surface area contributed by atoms with Gasteiger partial charge in [0, 0.05) is 12.2 Å². The van der Waals surface area contributed by atoms with Crippen molar-refractivity contribution in [2.75, 3.05) is 0 Å². The van der Waals surface area contributed by atoms with Crippen LogP contribution in [0.2, 0.25) is 0 Å². The summed E-state index contributed by atoms with van der Waals surface area (Å²) in [5, 5.41) is 9.37. The number of carbonyl (C=O) groups excluding carboxylic acids is 1. The Kier molecular flexibility index (Phi) is 3.05. The van der Waals surface area contributed by atoms with E-state index in [2.05, 4.69) is 4.98 Å². The highest BCUT2D eigenvalue weighted by atomic mass is 16.4. The Hall–Kier alpha value is -1.78.